The third kappa shape index (κ3) is 4.82. The zero-order chi connectivity index (χ0) is 19.2. The fourth-order valence-electron chi connectivity index (χ4n) is 2.18. The zero-order valence-electron chi connectivity index (χ0n) is 13.9. The van der Waals surface area contributed by atoms with Gasteiger partial charge in [0.25, 0.3) is 5.69 Å². The molecule has 0 aliphatic rings. The fraction of sp³-hybridized carbons (Fsp3) is 0. The van der Waals surface area contributed by atoms with Crippen molar-refractivity contribution in [3.8, 4) is 5.75 Å². The Hall–Kier alpha value is -3.87. The van der Waals surface area contributed by atoms with E-state index in [1.807, 2.05) is 0 Å². The highest BCUT2D eigenvalue weighted by atomic mass is 19.1. The lowest BCUT2D eigenvalue weighted by molar-refractivity contribution is -0.384. The van der Waals surface area contributed by atoms with Crippen molar-refractivity contribution in [1.82, 2.24) is 0 Å². The topological polar surface area (TPSA) is 81.8 Å². The summed E-state index contributed by atoms with van der Waals surface area (Å²) in [5.74, 6) is -0.665. The number of hydrogen-bond donors (Lipinski definition) is 0. The lowest BCUT2D eigenvalue weighted by Crippen LogP contribution is -2.08. The van der Waals surface area contributed by atoms with E-state index in [1.165, 1.54) is 36.4 Å². The Morgan fingerprint density at radius 2 is 1.59 bits per heavy atom. The van der Waals surface area contributed by atoms with Gasteiger partial charge in [-0.3, -0.25) is 15.1 Å². The third-order valence-electron chi connectivity index (χ3n) is 3.59. The van der Waals surface area contributed by atoms with Crippen LogP contribution in [0.3, 0.4) is 0 Å². The van der Waals surface area contributed by atoms with Crippen LogP contribution in [0.4, 0.5) is 15.8 Å². The molecule has 0 spiro atoms. The molecule has 0 aliphatic heterocycles. The van der Waals surface area contributed by atoms with Crippen molar-refractivity contribution >= 4 is 23.6 Å². The van der Waals surface area contributed by atoms with Crippen molar-refractivity contribution in [1.29, 1.82) is 0 Å². The van der Waals surface area contributed by atoms with E-state index in [0.717, 1.165) is 5.56 Å². The second kappa shape index (κ2) is 8.01. The Kier molecular flexibility index (Phi) is 5.32. The predicted molar refractivity (Wildman–Crippen MR) is 98.2 cm³/mol. The molecule has 0 fully saturated rings. The number of ether oxygens (including phenoxy) is 1. The van der Waals surface area contributed by atoms with Crippen molar-refractivity contribution < 1.29 is 18.8 Å². The van der Waals surface area contributed by atoms with E-state index in [4.69, 9.17) is 4.74 Å². The maximum absolute atomic E-state index is 12.9. The number of nitrogens with zero attached hydrogens (tertiary/aromatic N) is 2. The van der Waals surface area contributed by atoms with Crippen LogP contribution in [0.1, 0.15) is 15.9 Å². The minimum absolute atomic E-state index is 0.00118. The molecule has 0 saturated heterocycles. The van der Waals surface area contributed by atoms with Crippen LogP contribution < -0.4 is 4.74 Å². The van der Waals surface area contributed by atoms with Crippen LogP contribution in [0.25, 0.3) is 0 Å². The van der Waals surface area contributed by atoms with Crippen LogP contribution in [0.2, 0.25) is 0 Å². The van der Waals surface area contributed by atoms with E-state index in [2.05, 4.69) is 4.99 Å². The van der Waals surface area contributed by atoms with Gasteiger partial charge in [0, 0.05) is 18.3 Å². The van der Waals surface area contributed by atoms with Gasteiger partial charge in [0.2, 0.25) is 0 Å². The summed E-state index contributed by atoms with van der Waals surface area (Å²) in [7, 11) is 0. The molecule has 3 aromatic rings. The fourth-order valence-corrected chi connectivity index (χ4v) is 2.18. The highest BCUT2D eigenvalue weighted by Gasteiger charge is 2.08. The molecule has 0 aliphatic carbocycles. The Morgan fingerprint density at radius 1 is 0.963 bits per heavy atom. The first kappa shape index (κ1) is 17.9. The Bertz CT molecular complexity index is 982. The van der Waals surface area contributed by atoms with Gasteiger partial charge in [0.15, 0.2) is 0 Å². The minimum Gasteiger partial charge on any atom is -0.423 e. The smallest absolute Gasteiger partial charge is 0.343 e. The maximum atomic E-state index is 12.9. The molecule has 0 bridgehead atoms. The summed E-state index contributed by atoms with van der Waals surface area (Å²) in [4.78, 5) is 26.4. The molecule has 0 aromatic heterocycles. The SMILES string of the molecule is O=C(Oc1ccc(C=Nc2ccc([N+](=O)[O-])cc2)cc1)c1ccc(F)cc1. The highest BCUT2D eigenvalue weighted by molar-refractivity contribution is 5.91. The molecule has 0 N–H and O–H groups in total. The van der Waals surface area contributed by atoms with Gasteiger partial charge in [0.05, 0.1) is 16.2 Å². The largest absolute Gasteiger partial charge is 0.423 e. The van der Waals surface area contributed by atoms with E-state index in [-0.39, 0.29) is 11.3 Å². The van der Waals surface area contributed by atoms with Crippen molar-refractivity contribution in [2.45, 2.75) is 0 Å². The van der Waals surface area contributed by atoms with Gasteiger partial charge in [-0.1, -0.05) is 0 Å². The van der Waals surface area contributed by atoms with E-state index in [1.54, 1.807) is 42.6 Å². The van der Waals surface area contributed by atoms with E-state index in [9.17, 15) is 19.3 Å². The summed E-state index contributed by atoms with van der Waals surface area (Å²) in [5.41, 5.74) is 1.59. The molecule has 134 valence electrons. The van der Waals surface area contributed by atoms with Gasteiger partial charge in [-0.2, -0.15) is 0 Å². The third-order valence-corrected chi connectivity index (χ3v) is 3.59. The first-order valence-electron chi connectivity index (χ1n) is 7.87. The van der Waals surface area contributed by atoms with Crippen LogP contribution in [0.15, 0.2) is 77.8 Å². The second-order valence-corrected chi connectivity index (χ2v) is 5.50. The predicted octanol–water partition coefficient (Wildman–Crippen LogP) is 4.70. The van der Waals surface area contributed by atoms with Crippen LogP contribution in [0, 0.1) is 15.9 Å². The number of carbonyl (C=O) groups excluding carboxylic acids is 1. The first-order chi connectivity index (χ1) is 13.0. The number of benzene rings is 3. The molecule has 27 heavy (non-hydrogen) atoms. The molecule has 3 aromatic carbocycles. The van der Waals surface area contributed by atoms with Gasteiger partial charge in [-0.05, 0) is 66.2 Å². The van der Waals surface area contributed by atoms with Crippen molar-refractivity contribution in [2.24, 2.45) is 4.99 Å². The molecular weight excluding hydrogens is 351 g/mol. The minimum atomic E-state index is -0.581. The average molecular weight is 364 g/mol. The molecule has 0 saturated carbocycles. The number of carbonyl (C=O) groups is 1. The van der Waals surface area contributed by atoms with Crippen LogP contribution >= 0.6 is 0 Å². The monoisotopic (exact) mass is 364 g/mol. The number of non-ortho nitro benzene ring substituents is 1. The number of nitro groups is 1. The molecule has 6 nitrogen and oxygen atoms in total. The molecule has 7 heteroatoms. The number of aliphatic imine (C=N–C) groups is 1. The summed E-state index contributed by atoms with van der Waals surface area (Å²) in [6.07, 6.45) is 1.59. The van der Waals surface area contributed by atoms with E-state index < -0.39 is 16.7 Å². The normalized spacial score (nSPS) is 10.7. The number of nitro benzene ring substituents is 1. The van der Waals surface area contributed by atoms with Gasteiger partial charge in [-0.15, -0.1) is 0 Å². The Labute approximate surface area is 153 Å². The molecule has 0 atom stereocenters. The average Bonchev–Trinajstić information content (AvgIpc) is 2.68. The number of rotatable bonds is 5. The maximum Gasteiger partial charge on any atom is 0.343 e. The van der Waals surface area contributed by atoms with Crippen molar-refractivity contribution in [3.63, 3.8) is 0 Å². The van der Waals surface area contributed by atoms with Crippen LogP contribution in [0.5, 0.6) is 5.75 Å². The van der Waals surface area contributed by atoms with Crippen molar-refractivity contribution in [2.75, 3.05) is 0 Å². The summed E-state index contributed by atoms with van der Waals surface area (Å²) < 4.78 is 18.1. The quantitative estimate of drug-likeness (QED) is 0.216. The number of hydrogen-bond acceptors (Lipinski definition) is 5. The van der Waals surface area contributed by atoms with Gasteiger partial charge in [-0.25, -0.2) is 9.18 Å². The number of esters is 1. The molecule has 0 amide bonds. The van der Waals surface area contributed by atoms with Gasteiger partial charge >= 0.3 is 5.97 Å². The van der Waals surface area contributed by atoms with E-state index >= 15 is 0 Å². The molecule has 0 heterocycles. The Morgan fingerprint density at radius 3 is 2.19 bits per heavy atom. The van der Waals surface area contributed by atoms with Crippen LogP contribution in [-0.2, 0) is 0 Å². The highest BCUT2D eigenvalue weighted by Crippen LogP contribution is 2.18. The summed E-state index contributed by atoms with van der Waals surface area (Å²) in [6, 6.07) is 17.6. The number of halogens is 1. The van der Waals surface area contributed by atoms with Gasteiger partial charge < -0.3 is 4.74 Å². The molecule has 3 rings (SSSR count). The second-order valence-electron chi connectivity index (χ2n) is 5.50. The summed E-state index contributed by atoms with van der Waals surface area (Å²) in [6.45, 7) is 0. The standard InChI is InChI=1S/C20H13FN2O4/c21-16-5-3-15(4-6-16)20(24)27-19-11-1-14(2-12-19)13-22-17-7-9-18(10-8-17)23(25)26/h1-13H. The van der Waals surface area contributed by atoms with Gasteiger partial charge in [0.1, 0.15) is 11.6 Å². The van der Waals surface area contributed by atoms with Crippen molar-refractivity contribution in [3.05, 3.63) is 99.9 Å². The summed E-state index contributed by atoms with van der Waals surface area (Å²) >= 11 is 0. The zero-order valence-corrected chi connectivity index (χ0v) is 13.9. The van der Waals surface area contributed by atoms with Crippen LogP contribution in [-0.4, -0.2) is 17.1 Å². The lowest BCUT2D eigenvalue weighted by atomic mass is 10.2. The molecular formula is C20H13FN2O4. The summed E-state index contributed by atoms with van der Waals surface area (Å²) in [5, 5.41) is 10.6. The Balaban J connectivity index is 1.63. The molecule has 0 unspecified atom stereocenters. The first-order valence-corrected chi connectivity index (χ1v) is 7.87. The lowest BCUT2D eigenvalue weighted by Gasteiger charge is -2.04. The molecule has 0 radical (unpaired) electrons. The van der Waals surface area contributed by atoms with E-state index in [0.29, 0.717) is 11.4 Å².